The molecule has 0 saturated heterocycles. The van der Waals surface area contributed by atoms with Crippen LogP contribution in [0.1, 0.15) is 10.4 Å². The zero-order valence-corrected chi connectivity index (χ0v) is 11.3. The Morgan fingerprint density at radius 3 is 2.14 bits per heavy atom. The van der Waals surface area contributed by atoms with Crippen LogP contribution < -0.4 is 16.4 Å². The molecule has 3 amide bonds. The third-order valence-corrected chi connectivity index (χ3v) is 2.73. The van der Waals surface area contributed by atoms with E-state index in [1.54, 1.807) is 24.3 Å². The minimum Gasteiger partial charge on any atom is -0.351 e. The van der Waals surface area contributed by atoms with E-state index in [0.29, 0.717) is 11.4 Å². The van der Waals surface area contributed by atoms with Crippen molar-refractivity contribution in [1.82, 2.24) is 0 Å². The van der Waals surface area contributed by atoms with Gasteiger partial charge in [-0.05, 0) is 30.3 Å². The first-order chi connectivity index (χ1) is 10.5. The number of nitro groups is 1. The van der Waals surface area contributed by atoms with Gasteiger partial charge in [-0.2, -0.15) is 0 Å². The Balaban J connectivity index is 2.10. The molecule has 8 nitrogen and oxygen atoms in total. The number of nitro benzene ring substituents is 1. The number of hydrogen-bond donors (Lipinski definition) is 3. The fraction of sp³-hybridized carbons (Fsp3) is 0. The van der Waals surface area contributed by atoms with Gasteiger partial charge in [-0.25, -0.2) is 4.79 Å². The topological polar surface area (TPSA) is 127 Å². The highest BCUT2D eigenvalue weighted by molar-refractivity contribution is 6.04. The smallest absolute Gasteiger partial charge is 0.316 e. The summed E-state index contributed by atoms with van der Waals surface area (Å²) in [5, 5.41) is 15.7. The van der Waals surface area contributed by atoms with Crippen LogP contribution in [0.4, 0.5) is 21.9 Å². The van der Waals surface area contributed by atoms with Crippen LogP contribution >= 0.6 is 0 Å². The second-order valence-corrected chi connectivity index (χ2v) is 4.33. The Bertz CT molecular complexity index is 728. The zero-order valence-electron chi connectivity index (χ0n) is 11.3. The van der Waals surface area contributed by atoms with Gasteiger partial charge in [0.2, 0.25) is 0 Å². The first-order valence-electron chi connectivity index (χ1n) is 6.18. The third kappa shape index (κ3) is 3.79. The molecule has 4 N–H and O–H groups in total. The van der Waals surface area contributed by atoms with E-state index in [-0.39, 0.29) is 11.3 Å². The van der Waals surface area contributed by atoms with Crippen LogP contribution in [0, 0.1) is 10.1 Å². The van der Waals surface area contributed by atoms with E-state index in [9.17, 15) is 19.7 Å². The van der Waals surface area contributed by atoms with Crippen LogP contribution in [0.2, 0.25) is 0 Å². The number of urea groups is 1. The molecule has 0 spiro atoms. The summed E-state index contributed by atoms with van der Waals surface area (Å²) in [4.78, 5) is 32.8. The summed E-state index contributed by atoms with van der Waals surface area (Å²) in [5.41, 5.74) is 5.96. The van der Waals surface area contributed by atoms with Crippen molar-refractivity contribution in [1.29, 1.82) is 0 Å². The van der Waals surface area contributed by atoms with E-state index < -0.39 is 16.9 Å². The monoisotopic (exact) mass is 300 g/mol. The van der Waals surface area contributed by atoms with Crippen LogP contribution in [0.3, 0.4) is 0 Å². The van der Waals surface area contributed by atoms with E-state index in [1.165, 1.54) is 24.3 Å². The molecule has 0 atom stereocenters. The largest absolute Gasteiger partial charge is 0.351 e. The Morgan fingerprint density at radius 2 is 1.59 bits per heavy atom. The van der Waals surface area contributed by atoms with E-state index in [2.05, 4.69) is 10.6 Å². The van der Waals surface area contributed by atoms with Crippen molar-refractivity contribution < 1.29 is 14.5 Å². The van der Waals surface area contributed by atoms with Crippen LogP contribution in [0.5, 0.6) is 0 Å². The van der Waals surface area contributed by atoms with Gasteiger partial charge in [0.25, 0.3) is 11.6 Å². The standard InChI is InChI=1S/C14H12N4O4/c15-14(20)17-11-6-4-10(5-7-11)16-13(19)9-2-1-3-12(8-9)18(21)22/h1-8H,(H,16,19)(H3,15,17,20). The lowest BCUT2D eigenvalue weighted by molar-refractivity contribution is -0.384. The van der Waals surface area contributed by atoms with Gasteiger partial charge in [0.05, 0.1) is 4.92 Å². The minimum absolute atomic E-state index is 0.159. The molecule has 0 aliphatic rings. The number of nitrogens with zero attached hydrogens (tertiary/aromatic N) is 1. The number of hydrogen-bond acceptors (Lipinski definition) is 4. The quantitative estimate of drug-likeness (QED) is 0.591. The summed E-state index contributed by atoms with van der Waals surface area (Å²) in [6, 6.07) is 11.0. The van der Waals surface area contributed by atoms with Crippen molar-refractivity contribution in [3.8, 4) is 0 Å². The molecule has 0 bridgehead atoms. The van der Waals surface area contributed by atoms with E-state index in [0.717, 1.165) is 0 Å². The molecular formula is C14H12N4O4. The minimum atomic E-state index is -0.687. The van der Waals surface area contributed by atoms with Crippen molar-refractivity contribution >= 4 is 29.0 Å². The highest BCUT2D eigenvalue weighted by Gasteiger charge is 2.11. The van der Waals surface area contributed by atoms with Crippen molar-refractivity contribution in [3.63, 3.8) is 0 Å². The molecule has 22 heavy (non-hydrogen) atoms. The first kappa shape index (κ1) is 15.0. The first-order valence-corrected chi connectivity index (χ1v) is 6.18. The van der Waals surface area contributed by atoms with Crippen LogP contribution in [0.25, 0.3) is 0 Å². The van der Waals surface area contributed by atoms with Gasteiger partial charge < -0.3 is 16.4 Å². The maximum Gasteiger partial charge on any atom is 0.316 e. The molecule has 0 fully saturated rings. The lowest BCUT2D eigenvalue weighted by atomic mass is 10.2. The number of benzene rings is 2. The zero-order chi connectivity index (χ0) is 16.1. The summed E-state index contributed by atoms with van der Waals surface area (Å²) in [7, 11) is 0. The molecule has 0 aliphatic carbocycles. The Labute approximate surface area is 125 Å². The maximum absolute atomic E-state index is 12.0. The summed E-state index contributed by atoms with van der Waals surface area (Å²) in [6.45, 7) is 0. The summed E-state index contributed by atoms with van der Waals surface area (Å²) < 4.78 is 0. The third-order valence-electron chi connectivity index (χ3n) is 2.73. The number of amides is 3. The Hall–Kier alpha value is -3.42. The molecule has 0 heterocycles. The normalized spacial score (nSPS) is 9.82. The van der Waals surface area contributed by atoms with Gasteiger partial charge in [0.15, 0.2) is 0 Å². The van der Waals surface area contributed by atoms with Gasteiger partial charge in [-0.3, -0.25) is 14.9 Å². The number of anilines is 2. The number of carbonyl (C=O) groups excluding carboxylic acids is 2. The Morgan fingerprint density at radius 1 is 1.00 bits per heavy atom. The van der Waals surface area contributed by atoms with Gasteiger partial charge in [-0.15, -0.1) is 0 Å². The number of rotatable bonds is 4. The lowest BCUT2D eigenvalue weighted by Gasteiger charge is -2.07. The number of nitrogens with two attached hydrogens (primary N) is 1. The van der Waals surface area contributed by atoms with Crippen molar-refractivity contribution in [2.24, 2.45) is 5.73 Å². The number of carbonyl (C=O) groups is 2. The molecule has 2 aromatic rings. The SMILES string of the molecule is NC(=O)Nc1ccc(NC(=O)c2cccc([N+](=O)[O-])c2)cc1. The number of non-ortho nitro benzene ring substituents is 1. The maximum atomic E-state index is 12.0. The molecule has 2 rings (SSSR count). The Kier molecular flexibility index (Phi) is 4.33. The lowest BCUT2D eigenvalue weighted by Crippen LogP contribution is -2.19. The molecule has 2 aromatic carbocycles. The second-order valence-electron chi connectivity index (χ2n) is 4.33. The van der Waals surface area contributed by atoms with E-state index in [4.69, 9.17) is 5.73 Å². The highest BCUT2D eigenvalue weighted by atomic mass is 16.6. The predicted octanol–water partition coefficient (Wildman–Crippen LogP) is 2.34. The van der Waals surface area contributed by atoms with Crippen molar-refractivity contribution in [2.75, 3.05) is 10.6 Å². The van der Waals surface area contributed by atoms with Crippen LogP contribution in [0.15, 0.2) is 48.5 Å². The molecule has 112 valence electrons. The predicted molar refractivity (Wildman–Crippen MR) is 80.7 cm³/mol. The summed E-state index contributed by atoms with van der Waals surface area (Å²) >= 11 is 0. The molecule has 0 aromatic heterocycles. The van der Waals surface area contributed by atoms with Crippen LogP contribution in [-0.4, -0.2) is 16.9 Å². The molecule has 8 heteroatoms. The van der Waals surface area contributed by atoms with Crippen molar-refractivity contribution in [3.05, 3.63) is 64.2 Å². The summed E-state index contributed by atoms with van der Waals surface area (Å²) in [5.74, 6) is -0.473. The number of nitrogens with one attached hydrogen (secondary N) is 2. The van der Waals surface area contributed by atoms with E-state index >= 15 is 0 Å². The molecule has 0 radical (unpaired) electrons. The highest BCUT2D eigenvalue weighted by Crippen LogP contribution is 2.17. The van der Waals surface area contributed by atoms with Crippen LogP contribution in [-0.2, 0) is 0 Å². The van der Waals surface area contributed by atoms with E-state index in [1.807, 2.05) is 0 Å². The molecule has 0 saturated carbocycles. The van der Waals surface area contributed by atoms with Gasteiger partial charge in [0.1, 0.15) is 0 Å². The molecular weight excluding hydrogens is 288 g/mol. The molecule has 0 aliphatic heterocycles. The molecule has 0 unspecified atom stereocenters. The van der Waals surface area contributed by atoms with Crippen molar-refractivity contribution in [2.45, 2.75) is 0 Å². The fourth-order valence-electron chi connectivity index (χ4n) is 1.74. The number of primary amides is 1. The second kappa shape index (κ2) is 6.35. The fourth-order valence-corrected chi connectivity index (χ4v) is 1.74. The van der Waals surface area contributed by atoms with Gasteiger partial charge in [-0.1, -0.05) is 6.07 Å². The average molecular weight is 300 g/mol. The average Bonchev–Trinajstić information content (AvgIpc) is 2.49. The summed E-state index contributed by atoms with van der Waals surface area (Å²) in [6.07, 6.45) is 0. The van der Waals surface area contributed by atoms with Gasteiger partial charge >= 0.3 is 6.03 Å². The van der Waals surface area contributed by atoms with Gasteiger partial charge in [0, 0.05) is 29.1 Å².